The monoisotopic (exact) mass is 167 g/mol. The van der Waals surface area contributed by atoms with Crippen LogP contribution >= 0.6 is 0 Å². The number of hydrogen-bond acceptors (Lipinski definition) is 1. The van der Waals surface area contributed by atoms with Crippen molar-refractivity contribution < 1.29 is 0 Å². The smallest absolute Gasteiger partial charge is 0.0175 e. The molecule has 0 unspecified atom stereocenters. The zero-order valence-corrected chi connectivity index (χ0v) is 8.47. The number of likely N-dealkylation sites (tertiary alicyclic amines) is 1. The molecule has 70 valence electrons. The number of unbranched alkanes of at least 4 members (excludes halogenated alkanes) is 2. The second-order valence-electron chi connectivity index (χ2n) is 3.68. The van der Waals surface area contributed by atoms with Crippen LogP contribution in [0.25, 0.3) is 0 Å². The molecule has 1 rings (SSSR count). The Bertz CT molecular complexity index is 143. The van der Waals surface area contributed by atoms with E-state index in [1.54, 1.807) is 0 Å². The molecule has 1 aliphatic rings. The number of nitrogens with zero attached hydrogens (tertiary/aromatic N) is 1. The van der Waals surface area contributed by atoms with Crippen molar-refractivity contribution >= 4 is 0 Å². The van der Waals surface area contributed by atoms with Gasteiger partial charge in [0.05, 0.1) is 0 Å². The van der Waals surface area contributed by atoms with Crippen molar-refractivity contribution in [3.8, 4) is 0 Å². The number of hydrogen-bond donors (Lipinski definition) is 0. The average Bonchev–Trinajstić information content (AvgIpc) is 2.56. The summed E-state index contributed by atoms with van der Waals surface area (Å²) in [7, 11) is 0. The second-order valence-corrected chi connectivity index (χ2v) is 3.68. The van der Waals surface area contributed by atoms with Crippen LogP contribution in [-0.4, -0.2) is 18.0 Å². The summed E-state index contributed by atoms with van der Waals surface area (Å²) in [6.45, 7) is 7.07. The molecule has 0 aromatic rings. The van der Waals surface area contributed by atoms with E-state index in [0.29, 0.717) is 0 Å². The number of rotatable bonds is 4. The SMILES string of the molecule is CCCCC=C(C)N1CCCC1. The third-order valence-electron chi connectivity index (χ3n) is 2.60. The molecule has 1 heteroatoms. The highest BCUT2D eigenvalue weighted by Crippen LogP contribution is 2.14. The Morgan fingerprint density at radius 2 is 2.00 bits per heavy atom. The first-order valence-corrected chi connectivity index (χ1v) is 5.26. The maximum Gasteiger partial charge on any atom is 0.0175 e. The Morgan fingerprint density at radius 1 is 1.33 bits per heavy atom. The average molecular weight is 167 g/mol. The molecule has 0 amide bonds. The van der Waals surface area contributed by atoms with Crippen LogP contribution in [0.3, 0.4) is 0 Å². The normalized spacial score (nSPS) is 18.8. The van der Waals surface area contributed by atoms with E-state index in [1.807, 2.05) is 0 Å². The van der Waals surface area contributed by atoms with Crippen molar-refractivity contribution in [1.29, 1.82) is 0 Å². The summed E-state index contributed by atoms with van der Waals surface area (Å²) in [4.78, 5) is 2.51. The molecule has 1 heterocycles. The van der Waals surface area contributed by atoms with Gasteiger partial charge in [0, 0.05) is 18.8 Å². The highest BCUT2D eigenvalue weighted by molar-refractivity contribution is 4.98. The highest BCUT2D eigenvalue weighted by atomic mass is 15.1. The standard InChI is InChI=1S/C11H21N/c1-3-4-5-8-11(2)12-9-6-7-10-12/h8H,3-7,9-10H2,1-2H3. The predicted molar refractivity (Wildman–Crippen MR) is 54.1 cm³/mol. The van der Waals surface area contributed by atoms with Crippen LogP contribution in [0, 0.1) is 0 Å². The zero-order valence-electron chi connectivity index (χ0n) is 8.47. The molecule has 0 radical (unpaired) electrons. The summed E-state index contributed by atoms with van der Waals surface area (Å²) in [5.74, 6) is 0. The van der Waals surface area contributed by atoms with Gasteiger partial charge in [-0.15, -0.1) is 0 Å². The fourth-order valence-corrected chi connectivity index (χ4v) is 1.71. The summed E-state index contributed by atoms with van der Waals surface area (Å²) in [6, 6.07) is 0. The van der Waals surface area contributed by atoms with E-state index >= 15 is 0 Å². The van der Waals surface area contributed by atoms with Gasteiger partial charge in [-0.05, 0) is 26.2 Å². The quantitative estimate of drug-likeness (QED) is 0.581. The molecule has 0 aromatic heterocycles. The van der Waals surface area contributed by atoms with Gasteiger partial charge >= 0.3 is 0 Å². The van der Waals surface area contributed by atoms with Gasteiger partial charge in [0.2, 0.25) is 0 Å². The third kappa shape index (κ3) is 2.88. The molecule has 0 bridgehead atoms. The van der Waals surface area contributed by atoms with Gasteiger partial charge in [-0.1, -0.05) is 25.8 Å². The first kappa shape index (κ1) is 9.63. The van der Waals surface area contributed by atoms with E-state index < -0.39 is 0 Å². The molecule has 0 spiro atoms. The molecular weight excluding hydrogens is 146 g/mol. The molecule has 0 N–H and O–H groups in total. The van der Waals surface area contributed by atoms with E-state index in [2.05, 4.69) is 24.8 Å². The number of allylic oxidation sites excluding steroid dienone is 2. The summed E-state index contributed by atoms with van der Waals surface area (Å²) in [6.07, 6.45) is 9.08. The Balaban J connectivity index is 2.24. The summed E-state index contributed by atoms with van der Waals surface area (Å²) in [5.41, 5.74) is 1.50. The van der Waals surface area contributed by atoms with Crippen LogP contribution in [0.4, 0.5) is 0 Å². The van der Waals surface area contributed by atoms with E-state index in [-0.39, 0.29) is 0 Å². The van der Waals surface area contributed by atoms with Crippen molar-refractivity contribution in [2.45, 2.75) is 46.0 Å². The topological polar surface area (TPSA) is 3.24 Å². The van der Waals surface area contributed by atoms with Crippen molar-refractivity contribution in [3.63, 3.8) is 0 Å². The van der Waals surface area contributed by atoms with Crippen LogP contribution in [0.5, 0.6) is 0 Å². The van der Waals surface area contributed by atoms with Crippen molar-refractivity contribution in [2.75, 3.05) is 13.1 Å². The fourth-order valence-electron chi connectivity index (χ4n) is 1.71. The maximum absolute atomic E-state index is 2.51. The predicted octanol–water partition coefficient (Wildman–Crippen LogP) is 3.18. The van der Waals surface area contributed by atoms with Crippen LogP contribution in [0.2, 0.25) is 0 Å². The summed E-state index contributed by atoms with van der Waals surface area (Å²) < 4.78 is 0. The van der Waals surface area contributed by atoms with Gasteiger partial charge in [-0.25, -0.2) is 0 Å². The van der Waals surface area contributed by atoms with Gasteiger partial charge in [-0.2, -0.15) is 0 Å². The lowest BCUT2D eigenvalue weighted by Gasteiger charge is -2.17. The third-order valence-corrected chi connectivity index (χ3v) is 2.60. The van der Waals surface area contributed by atoms with Crippen LogP contribution in [-0.2, 0) is 0 Å². The van der Waals surface area contributed by atoms with E-state index in [0.717, 1.165) is 0 Å². The molecular formula is C11H21N. The van der Waals surface area contributed by atoms with Crippen molar-refractivity contribution in [2.24, 2.45) is 0 Å². The molecule has 1 nitrogen and oxygen atoms in total. The van der Waals surface area contributed by atoms with Crippen molar-refractivity contribution in [3.05, 3.63) is 11.8 Å². The fraction of sp³-hybridized carbons (Fsp3) is 0.818. The second kappa shape index (κ2) is 5.23. The minimum absolute atomic E-state index is 1.26. The minimum Gasteiger partial charge on any atom is -0.375 e. The first-order chi connectivity index (χ1) is 5.84. The zero-order chi connectivity index (χ0) is 8.81. The minimum atomic E-state index is 1.26. The van der Waals surface area contributed by atoms with Gasteiger partial charge in [0.15, 0.2) is 0 Å². The van der Waals surface area contributed by atoms with Gasteiger partial charge in [-0.3, -0.25) is 0 Å². The highest BCUT2D eigenvalue weighted by Gasteiger charge is 2.10. The van der Waals surface area contributed by atoms with Crippen molar-refractivity contribution in [1.82, 2.24) is 4.90 Å². The lowest BCUT2D eigenvalue weighted by Crippen LogP contribution is -2.16. The van der Waals surface area contributed by atoms with Crippen LogP contribution in [0.1, 0.15) is 46.0 Å². The maximum atomic E-state index is 2.51. The van der Waals surface area contributed by atoms with Crippen LogP contribution in [0.15, 0.2) is 11.8 Å². The Hall–Kier alpha value is -0.460. The molecule has 1 saturated heterocycles. The summed E-state index contributed by atoms with van der Waals surface area (Å²) >= 11 is 0. The summed E-state index contributed by atoms with van der Waals surface area (Å²) in [5, 5.41) is 0. The van der Waals surface area contributed by atoms with E-state index in [4.69, 9.17) is 0 Å². The molecule has 1 aliphatic heterocycles. The van der Waals surface area contributed by atoms with E-state index in [9.17, 15) is 0 Å². The van der Waals surface area contributed by atoms with Gasteiger partial charge in [0.25, 0.3) is 0 Å². The lowest BCUT2D eigenvalue weighted by atomic mass is 10.2. The Kier molecular flexibility index (Phi) is 4.20. The molecule has 12 heavy (non-hydrogen) atoms. The van der Waals surface area contributed by atoms with E-state index in [1.165, 1.54) is 50.9 Å². The Morgan fingerprint density at radius 3 is 2.58 bits per heavy atom. The molecule has 1 fully saturated rings. The lowest BCUT2D eigenvalue weighted by molar-refractivity contribution is 0.425. The molecule has 0 aliphatic carbocycles. The molecule has 0 atom stereocenters. The van der Waals surface area contributed by atoms with Crippen LogP contribution < -0.4 is 0 Å². The molecule has 0 saturated carbocycles. The molecule has 0 aromatic carbocycles. The largest absolute Gasteiger partial charge is 0.375 e. The van der Waals surface area contributed by atoms with Gasteiger partial charge in [0.1, 0.15) is 0 Å². The first-order valence-electron chi connectivity index (χ1n) is 5.26. The van der Waals surface area contributed by atoms with Gasteiger partial charge < -0.3 is 4.90 Å². The Labute approximate surface area is 76.5 Å².